The van der Waals surface area contributed by atoms with E-state index in [0.29, 0.717) is 17.8 Å². The number of anilines is 3. The molecule has 1 aliphatic heterocycles. The van der Waals surface area contributed by atoms with Crippen LogP contribution in [0.2, 0.25) is 0 Å². The topological polar surface area (TPSA) is 91.4 Å². The van der Waals surface area contributed by atoms with E-state index < -0.39 is 0 Å². The molecule has 1 unspecified atom stereocenters. The third-order valence-electron chi connectivity index (χ3n) is 3.14. The molecule has 3 N–H and O–H groups in total. The molecular formula is C11H20N6O. The van der Waals surface area contributed by atoms with Crippen molar-refractivity contribution in [3.63, 3.8) is 0 Å². The number of hydrogen-bond acceptors (Lipinski definition) is 7. The second-order valence-electron chi connectivity index (χ2n) is 4.80. The summed E-state index contributed by atoms with van der Waals surface area (Å²) in [5.41, 5.74) is 5.70. The van der Waals surface area contributed by atoms with E-state index in [1.165, 1.54) is 0 Å². The zero-order valence-corrected chi connectivity index (χ0v) is 10.9. The van der Waals surface area contributed by atoms with Gasteiger partial charge in [-0.15, -0.1) is 0 Å². The number of aliphatic hydroxyl groups is 1. The molecule has 1 aromatic rings. The molecule has 2 rings (SSSR count). The van der Waals surface area contributed by atoms with Crippen LogP contribution in [-0.4, -0.2) is 53.9 Å². The van der Waals surface area contributed by atoms with Crippen LogP contribution < -0.4 is 15.5 Å². The van der Waals surface area contributed by atoms with Gasteiger partial charge in [0.15, 0.2) is 0 Å². The summed E-state index contributed by atoms with van der Waals surface area (Å²) in [7, 11) is 3.74. The number of nitrogens with two attached hydrogens (primary N) is 1. The van der Waals surface area contributed by atoms with Crippen molar-refractivity contribution in [1.82, 2.24) is 15.0 Å². The quantitative estimate of drug-likeness (QED) is 0.762. The molecule has 18 heavy (non-hydrogen) atoms. The fraction of sp³-hybridized carbons (Fsp3) is 0.727. The maximum atomic E-state index is 8.96. The normalized spacial score (nSPS) is 19.3. The molecule has 1 saturated heterocycles. The number of aromatic nitrogens is 3. The van der Waals surface area contributed by atoms with Crippen LogP contribution in [0.3, 0.4) is 0 Å². The van der Waals surface area contributed by atoms with Gasteiger partial charge in [0.05, 0.1) is 0 Å². The van der Waals surface area contributed by atoms with E-state index in [2.05, 4.69) is 19.9 Å². The lowest BCUT2D eigenvalue weighted by atomic mass is 10.1. The van der Waals surface area contributed by atoms with Crippen molar-refractivity contribution in [2.75, 3.05) is 49.3 Å². The highest BCUT2D eigenvalue weighted by Crippen LogP contribution is 2.24. The molecule has 100 valence electrons. The Morgan fingerprint density at radius 2 is 2.17 bits per heavy atom. The van der Waals surface area contributed by atoms with Crippen LogP contribution in [0, 0.1) is 5.92 Å². The summed E-state index contributed by atoms with van der Waals surface area (Å²) >= 11 is 0. The lowest BCUT2D eigenvalue weighted by molar-refractivity contribution is 0.263. The lowest BCUT2D eigenvalue weighted by Gasteiger charge is -2.18. The van der Waals surface area contributed by atoms with Gasteiger partial charge < -0.3 is 20.6 Å². The molecule has 0 saturated carbocycles. The molecule has 0 amide bonds. The molecule has 1 fully saturated rings. The standard InChI is InChI=1S/C11H20N6O/c1-16(2)10-13-9(12)14-11(15-10)17-5-3-8(7-17)4-6-18/h8,18H,3-7H2,1-2H3,(H2,12,13,14,15). The minimum Gasteiger partial charge on any atom is -0.396 e. The van der Waals surface area contributed by atoms with E-state index >= 15 is 0 Å². The minimum absolute atomic E-state index is 0.237. The zero-order valence-electron chi connectivity index (χ0n) is 10.9. The van der Waals surface area contributed by atoms with Crippen LogP contribution in [-0.2, 0) is 0 Å². The molecule has 2 heterocycles. The largest absolute Gasteiger partial charge is 0.396 e. The third kappa shape index (κ3) is 2.79. The molecule has 1 aliphatic rings. The first kappa shape index (κ1) is 12.8. The SMILES string of the molecule is CN(C)c1nc(N)nc(N2CCC(CCO)C2)n1. The fourth-order valence-corrected chi connectivity index (χ4v) is 2.14. The first-order valence-corrected chi connectivity index (χ1v) is 6.15. The average molecular weight is 252 g/mol. The van der Waals surface area contributed by atoms with Gasteiger partial charge in [-0.1, -0.05) is 0 Å². The van der Waals surface area contributed by atoms with Crippen molar-refractivity contribution in [3.05, 3.63) is 0 Å². The van der Waals surface area contributed by atoms with Crippen LogP contribution in [0.4, 0.5) is 17.8 Å². The fourth-order valence-electron chi connectivity index (χ4n) is 2.14. The molecule has 1 atom stereocenters. The molecule has 0 bridgehead atoms. The molecular weight excluding hydrogens is 232 g/mol. The van der Waals surface area contributed by atoms with Crippen LogP contribution in [0.15, 0.2) is 0 Å². The number of nitrogen functional groups attached to an aromatic ring is 1. The van der Waals surface area contributed by atoms with E-state index in [1.54, 1.807) is 0 Å². The maximum Gasteiger partial charge on any atom is 0.231 e. The second-order valence-corrected chi connectivity index (χ2v) is 4.80. The van der Waals surface area contributed by atoms with Gasteiger partial charge in [0.2, 0.25) is 17.8 Å². The van der Waals surface area contributed by atoms with Gasteiger partial charge in [-0.2, -0.15) is 15.0 Å². The molecule has 7 nitrogen and oxygen atoms in total. The minimum atomic E-state index is 0.237. The predicted octanol–water partition coefficient (Wildman–Crippen LogP) is -0.271. The van der Waals surface area contributed by atoms with Gasteiger partial charge in [-0.3, -0.25) is 0 Å². The maximum absolute atomic E-state index is 8.96. The van der Waals surface area contributed by atoms with Crippen LogP contribution in [0.25, 0.3) is 0 Å². The highest BCUT2D eigenvalue weighted by Gasteiger charge is 2.24. The summed E-state index contributed by atoms with van der Waals surface area (Å²) in [6.07, 6.45) is 1.89. The van der Waals surface area contributed by atoms with Crippen molar-refractivity contribution < 1.29 is 5.11 Å². The van der Waals surface area contributed by atoms with Gasteiger partial charge in [-0.25, -0.2) is 0 Å². The Bertz CT molecular complexity index is 411. The highest BCUT2D eigenvalue weighted by molar-refractivity contribution is 5.43. The molecule has 7 heteroatoms. The monoisotopic (exact) mass is 252 g/mol. The van der Waals surface area contributed by atoms with E-state index in [4.69, 9.17) is 10.8 Å². The first-order chi connectivity index (χ1) is 8.60. The van der Waals surface area contributed by atoms with E-state index in [0.717, 1.165) is 25.9 Å². The van der Waals surface area contributed by atoms with Crippen molar-refractivity contribution in [3.8, 4) is 0 Å². The lowest BCUT2D eigenvalue weighted by Crippen LogP contribution is -2.25. The smallest absolute Gasteiger partial charge is 0.231 e. The van der Waals surface area contributed by atoms with E-state index in [-0.39, 0.29) is 12.6 Å². The van der Waals surface area contributed by atoms with Gasteiger partial charge in [0, 0.05) is 33.8 Å². The molecule has 0 spiro atoms. The van der Waals surface area contributed by atoms with Gasteiger partial charge in [-0.05, 0) is 18.8 Å². The van der Waals surface area contributed by atoms with E-state index in [9.17, 15) is 0 Å². The van der Waals surface area contributed by atoms with Gasteiger partial charge in [0.1, 0.15) is 0 Å². The van der Waals surface area contributed by atoms with Gasteiger partial charge >= 0.3 is 0 Å². The predicted molar refractivity (Wildman–Crippen MR) is 70.6 cm³/mol. The Balaban J connectivity index is 2.14. The third-order valence-corrected chi connectivity index (χ3v) is 3.14. The summed E-state index contributed by atoms with van der Waals surface area (Å²) in [6, 6.07) is 0. The first-order valence-electron chi connectivity index (χ1n) is 6.15. The number of nitrogens with zero attached hydrogens (tertiary/aromatic N) is 5. The van der Waals surface area contributed by atoms with Crippen molar-refractivity contribution in [2.45, 2.75) is 12.8 Å². The Labute approximate surface area is 107 Å². The van der Waals surface area contributed by atoms with Crippen LogP contribution >= 0.6 is 0 Å². The Kier molecular flexibility index (Phi) is 3.81. The second kappa shape index (κ2) is 5.34. The van der Waals surface area contributed by atoms with Crippen LogP contribution in [0.5, 0.6) is 0 Å². The summed E-state index contributed by atoms with van der Waals surface area (Å²) < 4.78 is 0. The number of hydrogen-bond donors (Lipinski definition) is 2. The molecule has 0 radical (unpaired) electrons. The summed E-state index contributed by atoms with van der Waals surface area (Å²) in [5.74, 6) is 1.96. The average Bonchev–Trinajstić information content (AvgIpc) is 2.77. The van der Waals surface area contributed by atoms with Crippen LogP contribution in [0.1, 0.15) is 12.8 Å². The number of aliphatic hydroxyl groups excluding tert-OH is 1. The molecule has 0 aliphatic carbocycles. The molecule has 1 aromatic heterocycles. The Hall–Kier alpha value is -1.63. The summed E-state index contributed by atoms with van der Waals surface area (Å²) in [4.78, 5) is 16.6. The highest BCUT2D eigenvalue weighted by atomic mass is 16.3. The summed E-state index contributed by atoms with van der Waals surface area (Å²) in [6.45, 7) is 2.01. The van der Waals surface area contributed by atoms with E-state index in [1.807, 2.05) is 19.0 Å². The molecule has 0 aromatic carbocycles. The van der Waals surface area contributed by atoms with Gasteiger partial charge in [0.25, 0.3) is 0 Å². The number of rotatable bonds is 4. The Morgan fingerprint density at radius 3 is 2.83 bits per heavy atom. The zero-order chi connectivity index (χ0) is 13.1. The van der Waals surface area contributed by atoms with Crippen molar-refractivity contribution in [2.24, 2.45) is 5.92 Å². The summed E-state index contributed by atoms with van der Waals surface area (Å²) in [5, 5.41) is 8.96. The van der Waals surface area contributed by atoms with Crippen molar-refractivity contribution >= 4 is 17.8 Å². The van der Waals surface area contributed by atoms with Crippen molar-refractivity contribution in [1.29, 1.82) is 0 Å². The Morgan fingerprint density at radius 1 is 1.39 bits per heavy atom.